The maximum Gasteiger partial charge on any atom is 0.109 e. The fraction of sp³-hybridized carbons (Fsp3) is 0.667. The Morgan fingerprint density at radius 1 is 1.71 bits per heavy atom. The van der Waals surface area contributed by atoms with Crippen LogP contribution in [0.25, 0.3) is 0 Å². The predicted molar refractivity (Wildman–Crippen MR) is 54.3 cm³/mol. The molecular formula is C9H14N2O2S. The molecule has 78 valence electrons. The summed E-state index contributed by atoms with van der Waals surface area (Å²) >= 11 is 1.62. The summed E-state index contributed by atoms with van der Waals surface area (Å²) in [4.78, 5) is 4.22. The zero-order valence-electron chi connectivity index (χ0n) is 8.01. The van der Waals surface area contributed by atoms with Gasteiger partial charge in [-0.15, -0.1) is 11.3 Å². The van der Waals surface area contributed by atoms with Gasteiger partial charge >= 0.3 is 0 Å². The van der Waals surface area contributed by atoms with Crippen molar-refractivity contribution in [2.45, 2.75) is 25.1 Å². The fourth-order valence-electron chi connectivity index (χ4n) is 1.54. The SMILES string of the molecule is CC(NC1COCC1O)c1nccs1. The van der Waals surface area contributed by atoms with E-state index in [-0.39, 0.29) is 12.1 Å². The first-order valence-corrected chi connectivity index (χ1v) is 5.56. The van der Waals surface area contributed by atoms with Crippen molar-refractivity contribution in [2.24, 2.45) is 0 Å². The Kier molecular flexibility index (Phi) is 3.12. The number of aromatic nitrogens is 1. The maximum atomic E-state index is 9.53. The number of hydrogen-bond acceptors (Lipinski definition) is 5. The maximum absolute atomic E-state index is 9.53. The molecule has 2 N–H and O–H groups in total. The molecule has 1 aromatic rings. The summed E-state index contributed by atoms with van der Waals surface area (Å²) in [7, 11) is 0. The van der Waals surface area contributed by atoms with Crippen LogP contribution in [0.3, 0.4) is 0 Å². The molecule has 3 unspecified atom stereocenters. The summed E-state index contributed by atoms with van der Waals surface area (Å²) in [6, 6.07) is 0.213. The fourth-order valence-corrected chi connectivity index (χ4v) is 2.20. The van der Waals surface area contributed by atoms with Crippen LogP contribution in [-0.2, 0) is 4.74 Å². The highest BCUT2D eigenvalue weighted by molar-refractivity contribution is 7.09. The molecule has 2 heterocycles. The normalized spacial score (nSPS) is 29.3. The van der Waals surface area contributed by atoms with E-state index in [4.69, 9.17) is 4.74 Å². The van der Waals surface area contributed by atoms with E-state index in [1.165, 1.54) is 0 Å². The summed E-state index contributed by atoms with van der Waals surface area (Å²) in [5, 5.41) is 15.8. The number of aliphatic hydroxyl groups is 1. The minimum atomic E-state index is -0.391. The predicted octanol–water partition coefficient (Wildman–Crippen LogP) is 0.553. The van der Waals surface area contributed by atoms with Gasteiger partial charge in [0.25, 0.3) is 0 Å². The second-order valence-electron chi connectivity index (χ2n) is 3.47. The molecule has 0 radical (unpaired) electrons. The lowest BCUT2D eigenvalue weighted by Crippen LogP contribution is -2.40. The molecule has 0 aromatic carbocycles. The molecule has 1 aliphatic rings. The van der Waals surface area contributed by atoms with Crippen molar-refractivity contribution >= 4 is 11.3 Å². The van der Waals surface area contributed by atoms with Crippen LogP contribution in [0.4, 0.5) is 0 Å². The molecule has 1 aromatic heterocycles. The number of rotatable bonds is 3. The Balaban J connectivity index is 1.91. The molecular weight excluding hydrogens is 200 g/mol. The van der Waals surface area contributed by atoms with Gasteiger partial charge in [0.05, 0.1) is 31.4 Å². The van der Waals surface area contributed by atoms with Crippen molar-refractivity contribution in [3.8, 4) is 0 Å². The smallest absolute Gasteiger partial charge is 0.109 e. The Bertz CT molecular complexity index is 278. The topological polar surface area (TPSA) is 54.4 Å². The van der Waals surface area contributed by atoms with Crippen LogP contribution in [-0.4, -0.2) is 35.5 Å². The average Bonchev–Trinajstić information content (AvgIpc) is 2.77. The molecule has 1 aliphatic heterocycles. The van der Waals surface area contributed by atoms with E-state index in [2.05, 4.69) is 10.3 Å². The van der Waals surface area contributed by atoms with Crippen molar-refractivity contribution in [3.63, 3.8) is 0 Å². The first-order chi connectivity index (χ1) is 6.77. The number of thiazole rings is 1. The van der Waals surface area contributed by atoms with Gasteiger partial charge in [-0.1, -0.05) is 0 Å². The van der Waals surface area contributed by atoms with Gasteiger partial charge < -0.3 is 15.2 Å². The Morgan fingerprint density at radius 2 is 2.57 bits per heavy atom. The van der Waals surface area contributed by atoms with E-state index in [9.17, 15) is 5.11 Å². The second kappa shape index (κ2) is 4.35. The molecule has 1 fully saturated rings. The van der Waals surface area contributed by atoms with Gasteiger partial charge in [-0.05, 0) is 6.92 Å². The Labute approximate surface area is 86.9 Å². The van der Waals surface area contributed by atoms with Crippen LogP contribution < -0.4 is 5.32 Å². The van der Waals surface area contributed by atoms with E-state index in [1.54, 1.807) is 17.5 Å². The lowest BCUT2D eigenvalue weighted by Gasteiger charge is -2.18. The molecule has 14 heavy (non-hydrogen) atoms. The van der Waals surface area contributed by atoms with Crippen molar-refractivity contribution in [3.05, 3.63) is 16.6 Å². The first-order valence-electron chi connectivity index (χ1n) is 4.68. The third-order valence-corrected chi connectivity index (χ3v) is 3.29. The van der Waals surface area contributed by atoms with Crippen molar-refractivity contribution in [2.75, 3.05) is 13.2 Å². The molecule has 0 aliphatic carbocycles. The molecule has 0 spiro atoms. The van der Waals surface area contributed by atoms with Crippen molar-refractivity contribution in [1.82, 2.24) is 10.3 Å². The van der Waals surface area contributed by atoms with E-state index in [0.29, 0.717) is 13.2 Å². The molecule has 2 rings (SSSR count). The van der Waals surface area contributed by atoms with Crippen LogP contribution in [0.2, 0.25) is 0 Å². The summed E-state index contributed by atoms with van der Waals surface area (Å²) in [5.41, 5.74) is 0. The number of nitrogens with one attached hydrogen (secondary N) is 1. The molecule has 3 atom stereocenters. The summed E-state index contributed by atoms with van der Waals surface area (Å²) in [6.07, 6.45) is 1.40. The van der Waals surface area contributed by atoms with Gasteiger partial charge in [-0.25, -0.2) is 4.98 Å². The molecule has 0 saturated carbocycles. The van der Waals surface area contributed by atoms with Crippen LogP contribution in [0.15, 0.2) is 11.6 Å². The lowest BCUT2D eigenvalue weighted by atomic mass is 10.2. The molecule has 4 nitrogen and oxygen atoms in total. The lowest BCUT2D eigenvalue weighted by molar-refractivity contribution is 0.121. The van der Waals surface area contributed by atoms with E-state index in [1.807, 2.05) is 12.3 Å². The Hall–Kier alpha value is -0.490. The van der Waals surface area contributed by atoms with Crippen LogP contribution in [0.1, 0.15) is 18.0 Å². The minimum absolute atomic E-state index is 0.0360. The van der Waals surface area contributed by atoms with Gasteiger partial charge in [0.1, 0.15) is 5.01 Å². The highest BCUT2D eigenvalue weighted by Crippen LogP contribution is 2.17. The van der Waals surface area contributed by atoms with Gasteiger partial charge in [0.2, 0.25) is 0 Å². The van der Waals surface area contributed by atoms with Crippen molar-refractivity contribution < 1.29 is 9.84 Å². The summed E-state index contributed by atoms with van der Waals surface area (Å²) in [5.74, 6) is 0. The summed E-state index contributed by atoms with van der Waals surface area (Å²) in [6.45, 7) is 3.06. The van der Waals surface area contributed by atoms with Gasteiger partial charge in [0, 0.05) is 11.6 Å². The molecule has 1 saturated heterocycles. The molecule has 0 amide bonds. The number of ether oxygens (including phenoxy) is 1. The third kappa shape index (κ3) is 2.12. The highest BCUT2D eigenvalue weighted by Gasteiger charge is 2.27. The zero-order chi connectivity index (χ0) is 9.97. The third-order valence-electron chi connectivity index (χ3n) is 2.34. The number of nitrogens with zero attached hydrogens (tertiary/aromatic N) is 1. The minimum Gasteiger partial charge on any atom is -0.389 e. The number of aliphatic hydroxyl groups excluding tert-OH is 1. The monoisotopic (exact) mass is 214 g/mol. The Morgan fingerprint density at radius 3 is 3.14 bits per heavy atom. The van der Waals surface area contributed by atoms with Crippen LogP contribution in [0, 0.1) is 0 Å². The average molecular weight is 214 g/mol. The molecule has 5 heteroatoms. The van der Waals surface area contributed by atoms with Gasteiger partial charge in [0.15, 0.2) is 0 Å². The van der Waals surface area contributed by atoms with E-state index < -0.39 is 6.10 Å². The van der Waals surface area contributed by atoms with E-state index >= 15 is 0 Å². The van der Waals surface area contributed by atoms with Crippen molar-refractivity contribution in [1.29, 1.82) is 0 Å². The second-order valence-corrected chi connectivity index (χ2v) is 4.40. The van der Waals surface area contributed by atoms with E-state index in [0.717, 1.165) is 5.01 Å². The zero-order valence-corrected chi connectivity index (χ0v) is 8.83. The first kappa shape index (κ1) is 10.0. The quantitative estimate of drug-likeness (QED) is 0.771. The van der Waals surface area contributed by atoms with Crippen LogP contribution >= 0.6 is 11.3 Å². The highest BCUT2D eigenvalue weighted by atomic mass is 32.1. The van der Waals surface area contributed by atoms with Gasteiger partial charge in [-0.3, -0.25) is 0 Å². The summed E-state index contributed by atoms with van der Waals surface area (Å²) < 4.78 is 5.16. The number of hydrogen-bond donors (Lipinski definition) is 2. The molecule has 0 bridgehead atoms. The van der Waals surface area contributed by atoms with Gasteiger partial charge in [-0.2, -0.15) is 0 Å². The van der Waals surface area contributed by atoms with Crippen LogP contribution in [0.5, 0.6) is 0 Å². The standard InChI is InChI=1S/C9H14N2O2S/c1-6(9-10-2-3-14-9)11-7-4-13-5-8(7)12/h2-3,6-8,11-12H,4-5H2,1H3. The largest absolute Gasteiger partial charge is 0.389 e.